The van der Waals surface area contributed by atoms with Gasteiger partial charge in [-0.1, -0.05) is 48.5 Å². The molecule has 2 heterocycles. The quantitative estimate of drug-likeness (QED) is 0.656. The number of nitrogens with one attached hydrogen (secondary N) is 2. The average Bonchev–Trinajstić information content (AvgIpc) is 3.19. The van der Waals surface area contributed by atoms with E-state index in [-0.39, 0.29) is 24.4 Å². The number of anilines is 2. The van der Waals surface area contributed by atoms with Gasteiger partial charge in [0.1, 0.15) is 13.2 Å². The van der Waals surface area contributed by atoms with Crippen LogP contribution in [0.15, 0.2) is 72.8 Å². The molecule has 0 aromatic heterocycles. The topological polar surface area (TPSA) is 79.9 Å². The first-order chi connectivity index (χ1) is 15.7. The predicted molar refractivity (Wildman–Crippen MR) is 122 cm³/mol. The third-order valence-electron chi connectivity index (χ3n) is 5.56. The third-order valence-corrected chi connectivity index (χ3v) is 5.56. The van der Waals surface area contributed by atoms with Crippen LogP contribution in [-0.4, -0.2) is 37.7 Å². The molecule has 3 amide bonds. The minimum Gasteiger partial charge on any atom is -0.486 e. The Morgan fingerprint density at radius 3 is 2.50 bits per heavy atom. The van der Waals surface area contributed by atoms with Crippen molar-refractivity contribution in [1.82, 2.24) is 5.32 Å². The fourth-order valence-corrected chi connectivity index (χ4v) is 4.06. The first-order valence-electron chi connectivity index (χ1n) is 10.6. The average molecular weight is 429 g/mol. The fourth-order valence-electron chi connectivity index (χ4n) is 4.06. The van der Waals surface area contributed by atoms with Crippen LogP contribution in [0.25, 0.3) is 11.1 Å². The van der Waals surface area contributed by atoms with E-state index in [1.807, 2.05) is 72.8 Å². The van der Waals surface area contributed by atoms with Gasteiger partial charge in [0, 0.05) is 30.3 Å². The molecule has 0 saturated carbocycles. The summed E-state index contributed by atoms with van der Waals surface area (Å²) in [6.45, 7) is 1.40. The highest BCUT2D eigenvalue weighted by Crippen LogP contribution is 2.35. The molecule has 162 valence electrons. The van der Waals surface area contributed by atoms with Crippen LogP contribution >= 0.6 is 0 Å². The van der Waals surface area contributed by atoms with Gasteiger partial charge in [-0.15, -0.1) is 0 Å². The lowest BCUT2D eigenvalue weighted by atomic mass is 10.0. The van der Waals surface area contributed by atoms with Gasteiger partial charge in [-0.25, -0.2) is 4.79 Å². The normalized spacial score (nSPS) is 17.2. The first kappa shape index (κ1) is 19.9. The van der Waals surface area contributed by atoms with Crippen LogP contribution in [0.4, 0.5) is 16.2 Å². The number of benzene rings is 3. The Morgan fingerprint density at radius 1 is 0.906 bits per heavy atom. The van der Waals surface area contributed by atoms with E-state index < -0.39 is 0 Å². The van der Waals surface area contributed by atoms with Gasteiger partial charge in [0.2, 0.25) is 5.91 Å². The summed E-state index contributed by atoms with van der Waals surface area (Å²) in [6.07, 6.45) is 0.238. The van der Waals surface area contributed by atoms with Crippen molar-refractivity contribution in [2.45, 2.75) is 12.5 Å². The van der Waals surface area contributed by atoms with E-state index in [4.69, 9.17) is 9.47 Å². The molecule has 1 atom stereocenters. The number of fused-ring (bicyclic) bond motifs is 1. The Balaban J connectivity index is 1.25. The molecule has 1 unspecified atom stereocenters. The van der Waals surface area contributed by atoms with Crippen LogP contribution in [0.2, 0.25) is 0 Å². The van der Waals surface area contributed by atoms with Crippen LogP contribution in [0.1, 0.15) is 6.42 Å². The summed E-state index contributed by atoms with van der Waals surface area (Å²) in [7, 11) is 0. The fraction of sp³-hybridized carbons (Fsp3) is 0.200. The van der Waals surface area contributed by atoms with Crippen molar-refractivity contribution in [3.63, 3.8) is 0 Å². The second-order valence-corrected chi connectivity index (χ2v) is 7.74. The second-order valence-electron chi connectivity index (χ2n) is 7.74. The summed E-state index contributed by atoms with van der Waals surface area (Å²) in [4.78, 5) is 27.0. The number of hydrogen-bond acceptors (Lipinski definition) is 4. The maximum absolute atomic E-state index is 12.7. The van der Waals surface area contributed by atoms with Gasteiger partial charge >= 0.3 is 6.03 Å². The summed E-state index contributed by atoms with van der Waals surface area (Å²) >= 11 is 0. The lowest BCUT2D eigenvalue weighted by Crippen LogP contribution is -2.39. The van der Waals surface area contributed by atoms with Crippen molar-refractivity contribution in [3.8, 4) is 22.6 Å². The zero-order chi connectivity index (χ0) is 21.9. The number of rotatable bonds is 4. The highest BCUT2D eigenvalue weighted by atomic mass is 16.6. The van der Waals surface area contributed by atoms with E-state index in [1.54, 1.807) is 4.90 Å². The molecule has 1 saturated heterocycles. The lowest BCUT2D eigenvalue weighted by Gasteiger charge is -2.22. The number of hydrogen-bond donors (Lipinski definition) is 2. The Morgan fingerprint density at radius 2 is 1.66 bits per heavy atom. The van der Waals surface area contributed by atoms with Crippen molar-refractivity contribution in [1.29, 1.82) is 0 Å². The molecule has 0 spiro atoms. The summed E-state index contributed by atoms with van der Waals surface area (Å²) in [5.41, 5.74) is 3.40. The summed E-state index contributed by atoms with van der Waals surface area (Å²) < 4.78 is 11.2. The first-order valence-corrected chi connectivity index (χ1v) is 10.6. The molecule has 1 fully saturated rings. The minimum atomic E-state index is -0.338. The lowest BCUT2D eigenvalue weighted by molar-refractivity contribution is -0.117. The number of nitrogens with zero attached hydrogens (tertiary/aromatic N) is 1. The zero-order valence-electron chi connectivity index (χ0n) is 17.4. The molecule has 0 aliphatic carbocycles. The number of carbonyl (C=O) groups excluding carboxylic acids is 2. The standard InChI is InChI=1S/C25H23N3O4/c29-24-14-18(16-28(24)19-10-11-22-23(15-19)32-13-12-31-22)26-25(30)27-21-9-5-4-8-20(21)17-6-2-1-3-7-17/h1-11,15,18H,12-14,16H2,(H2,26,27,30). The molecule has 7 nitrogen and oxygen atoms in total. The molecule has 7 heteroatoms. The molecule has 2 aliphatic rings. The molecule has 2 N–H and O–H groups in total. The van der Waals surface area contributed by atoms with Crippen LogP contribution < -0.4 is 25.0 Å². The molecule has 0 radical (unpaired) electrons. The maximum Gasteiger partial charge on any atom is 0.319 e. The second kappa shape index (κ2) is 8.63. The third kappa shape index (κ3) is 4.09. The largest absolute Gasteiger partial charge is 0.486 e. The van der Waals surface area contributed by atoms with E-state index >= 15 is 0 Å². The van der Waals surface area contributed by atoms with Gasteiger partial charge in [-0.3, -0.25) is 4.79 Å². The minimum absolute atomic E-state index is 0.0448. The number of para-hydroxylation sites is 1. The molecule has 0 bridgehead atoms. The smallest absolute Gasteiger partial charge is 0.319 e. The molecule has 32 heavy (non-hydrogen) atoms. The van der Waals surface area contributed by atoms with Crippen LogP contribution in [0.3, 0.4) is 0 Å². The van der Waals surface area contributed by atoms with Crippen LogP contribution in [-0.2, 0) is 4.79 Å². The van der Waals surface area contributed by atoms with E-state index in [0.717, 1.165) is 16.8 Å². The van der Waals surface area contributed by atoms with Gasteiger partial charge in [0.15, 0.2) is 11.5 Å². The van der Waals surface area contributed by atoms with Crippen molar-refractivity contribution < 1.29 is 19.1 Å². The van der Waals surface area contributed by atoms with E-state index in [1.165, 1.54) is 0 Å². The summed E-state index contributed by atoms with van der Waals surface area (Å²) in [6, 6.07) is 22.4. The van der Waals surface area contributed by atoms with E-state index in [9.17, 15) is 9.59 Å². The molecule has 3 aromatic rings. The van der Waals surface area contributed by atoms with Gasteiger partial charge in [-0.05, 0) is 23.8 Å². The highest BCUT2D eigenvalue weighted by Gasteiger charge is 2.32. The molecular formula is C25H23N3O4. The maximum atomic E-state index is 12.7. The monoisotopic (exact) mass is 429 g/mol. The number of ether oxygens (including phenoxy) is 2. The number of amides is 3. The zero-order valence-corrected chi connectivity index (χ0v) is 17.4. The molecular weight excluding hydrogens is 406 g/mol. The van der Waals surface area contributed by atoms with E-state index in [2.05, 4.69) is 10.6 Å². The SMILES string of the molecule is O=C(Nc1ccccc1-c1ccccc1)NC1CC(=O)N(c2ccc3c(c2)OCCO3)C1. The summed E-state index contributed by atoms with van der Waals surface area (Å²) in [5, 5.41) is 5.86. The van der Waals surface area contributed by atoms with Crippen molar-refractivity contribution in [2.24, 2.45) is 0 Å². The Kier molecular flexibility index (Phi) is 5.37. The van der Waals surface area contributed by atoms with Crippen LogP contribution in [0, 0.1) is 0 Å². The Bertz CT molecular complexity index is 1150. The predicted octanol–water partition coefficient (Wildman–Crippen LogP) is 4.05. The van der Waals surface area contributed by atoms with Gasteiger partial charge in [0.25, 0.3) is 0 Å². The highest BCUT2D eigenvalue weighted by molar-refractivity contribution is 5.99. The van der Waals surface area contributed by atoms with Crippen molar-refractivity contribution >= 4 is 23.3 Å². The van der Waals surface area contributed by atoms with Crippen molar-refractivity contribution in [2.75, 3.05) is 30.0 Å². The van der Waals surface area contributed by atoms with Crippen molar-refractivity contribution in [3.05, 3.63) is 72.8 Å². The molecule has 2 aliphatic heterocycles. The van der Waals surface area contributed by atoms with Crippen LogP contribution in [0.5, 0.6) is 11.5 Å². The Labute approximate surface area is 185 Å². The molecule has 5 rings (SSSR count). The summed E-state index contributed by atoms with van der Waals surface area (Å²) in [5.74, 6) is 1.27. The van der Waals surface area contributed by atoms with E-state index in [0.29, 0.717) is 36.9 Å². The number of carbonyl (C=O) groups is 2. The van der Waals surface area contributed by atoms with Gasteiger partial charge in [0.05, 0.1) is 11.7 Å². The Hall–Kier alpha value is -4.00. The molecule has 3 aromatic carbocycles. The number of urea groups is 1. The van der Waals surface area contributed by atoms with Gasteiger partial charge < -0.3 is 25.0 Å². The van der Waals surface area contributed by atoms with Gasteiger partial charge in [-0.2, -0.15) is 0 Å².